The lowest BCUT2D eigenvalue weighted by Crippen LogP contribution is -2.31. The van der Waals surface area contributed by atoms with Gasteiger partial charge in [-0.15, -0.1) is 11.8 Å². The van der Waals surface area contributed by atoms with Gasteiger partial charge >= 0.3 is 0 Å². The Hall–Kier alpha value is -1.07. The number of rotatable bonds is 3. The number of carbonyl (C=O) groups excluding carboxylic acids is 1. The Bertz CT molecular complexity index is 306. The van der Waals surface area contributed by atoms with E-state index < -0.39 is 0 Å². The molecule has 1 aromatic rings. The Balaban J connectivity index is 2.50. The van der Waals surface area contributed by atoms with Crippen molar-refractivity contribution in [2.24, 2.45) is 5.84 Å². The van der Waals surface area contributed by atoms with Gasteiger partial charge in [-0.1, -0.05) is 6.07 Å². The van der Waals surface area contributed by atoms with Crippen LogP contribution in [0.5, 0.6) is 0 Å². The first kappa shape index (κ1) is 10.0. The van der Waals surface area contributed by atoms with Gasteiger partial charge in [-0.25, -0.2) is 10.2 Å². The highest BCUT2D eigenvalue weighted by Crippen LogP contribution is 2.17. The van der Waals surface area contributed by atoms with Crippen LogP contribution in [0.2, 0.25) is 0 Å². The molecule has 0 aliphatic heterocycles. The minimum absolute atomic E-state index is 0.194. The van der Waals surface area contributed by atoms with Crippen molar-refractivity contribution in [3.63, 3.8) is 0 Å². The summed E-state index contributed by atoms with van der Waals surface area (Å²) in [4.78, 5) is 11.4. The summed E-state index contributed by atoms with van der Waals surface area (Å²) in [7, 11) is 0. The van der Waals surface area contributed by atoms with Crippen molar-refractivity contribution in [3.8, 4) is 0 Å². The average Bonchev–Trinajstić information content (AvgIpc) is 2.14. The highest BCUT2D eigenvalue weighted by Gasteiger charge is 2.00. The van der Waals surface area contributed by atoms with Crippen molar-refractivity contribution in [2.45, 2.75) is 4.90 Å². The number of hydrazine groups is 1. The van der Waals surface area contributed by atoms with Gasteiger partial charge in [0.1, 0.15) is 5.82 Å². The van der Waals surface area contributed by atoms with Crippen LogP contribution in [-0.2, 0) is 4.79 Å². The first-order valence-corrected chi connectivity index (χ1v) is 4.59. The Morgan fingerprint density at radius 1 is 1.62 bits per heavy atom. The number of hydrogen-bond acceptors (Lipinski definition) is 3. The van der Waals surface area contributed by atoms with Gasteiger partial charge in [0.2, 0.25) is 5.91 Å². The Morgan fingerprint density at radius 3 is 3.00 bits per heavy atom. The van der Waals surface area contributed by atoms with Crippen molar-refractivity contribution in [2.75, 3.05) is 5.75 Å². The van der Waals surface area contributed by atoms with Gasteiger partial charge < -0.3 is 0 Å². The number of nitrogens with one attached hydrogen (secondary N) is 1. The van der Waals surface area contributed by atoms with Crippen LogP contribution in [-0.4, -0.2) is 11.7 Å². The molecular formula is C8H9FN2OS. The minimum Gasteiger partial charge on any atom is -0.294 e. The van der Waals surface area contributed by atoms with Gasteiger partial charge in [-0.2, -0.15) is 0 Å². The maximum absolute atomic E-state index is 12.6. The molecule has 1 aromatic carbocycles. The van der Waals surface area contributed by atoms with Crippen LogP contribution in [0.1, 0.15) is 0 Å². The van der Waals surface area contributed by atoms with E-state index in [4.69, 9.17) is 5.84 Å². The number of nitrogens with two attached hydrogens (primary N) is 1. The van der Waals surface area contributed by atoms with Crippen LogP contribution in [0, 0.1) is 5.82 Å². The van der Waals surface area contributed by atoms with E-state index in [0.29, 0.717) is 4.90 Å². The number of hydrogen-bond donors (Lipinski definition) is 2. The lowest BCUT2D eigenvalue weighted by molar-refractivity contribution is -0.118. The first-order valence-electron chi connectivity index (χ1n) is 3.60. The van der Waals surface area contributed by atoms with Crippen LogP contribution in [0.15, 0.2) is 29.2 Å². The van der Waals surface area contributed by atoms with E-state index in [9.17, 15) is 9.18 Å². The Labute approximate surface area is 79.5 Å². The van der Waals surface area contributed by atoms with Gasteiger partial charge in [-0.3, -0.25) is 10.2 Å². The van der Waals surface area contributed by atoms with E-state index in [1.807, 2.05) is 5.43 Å². The third-order valence-corrected chi connectivity index (χ3v) is 2.32. The van der Waals surface area contributed by atoms with E-state index in [2.05, 4.69) is 0 Å². The first-order chi connectivity index (χ1) is 6.22. The topological polar surface area (TPSA) is 55.1 Å². The van der Waals surface area contributed by atoms with Gasteiger partial charge in [0.05, 0.1) is 5.75 Å². The predicted octanol–water partition coefficient (Wildman–Crippen LogP) is 0.908. The zero-order valence-corrected chi connectivity index (χ0v) is 7.60. The molecule has 0 saturated carbocycles. The zero-order valence-electron chi connectivity index (χ0n) is 6.79. The third-order valence-electron chi connectivity index (χ3n) is 1.33. The van der Waals surface area contributed by atoms with Crippen LogP contribution < -0.4 is 11.3 Å². The van der Waals surface area contributed by atoms with Crippen LogP contribution in [0.4, 0.5) is 4.39 Å². The molecule has 0 unspecified atom stereocenters. The maximum atomic E-state index is 12.6. The monoisotopic (exact) mass is 200 g/mol. The fraction of sp³-hybridized carbons (Fsp3) is 0.125. The maximum Gasteiger partial charge on any atom is 0.244 e. The molecule has 70 valence electrons. The van der Waals surface area contributed by atoms with Gasteiger partial charge in [0, 0.05) is 4.90 Å². The van der Waals surface area contributed by atoms with Crippen molar-refractivity contribution in [1.29, 1.82) is 0 Å². The second kappa shape index (κ2) is 4.84. The highest BCUT2D eigenvalue weighted by molar-refractivity contribution is 8.00. The molecule has 0 aliphatic carbocycles. The molecule has 0 aliphatic rings. The summed E-state index contributed by atoms with van der Waals surface area (Å²) >= 11 is 1.24. The Morgan fingerprint density at radius 2 is 2.38 bits per heavy atom. The van der Waals surface area contributed by atoms with E-state index >= 15 is 0 Å². The molecule has 3 N–H and O–H groups in total. The minimum atomic E-state index is -0.307. The molecule has 0 aromatic heterocycles. The molecule has 1 rings (SSSR count). The SMILES string of the molecule is NNC(=O)CSc1cccc(F)c1. The average molecular weight is 200 g/mol. The molecule has 0 saturated heterocycles. The van der Waals surface area contributed by atoms with Crippen molar-refractivity contribution >= 4 is 17.7 Å². The highest BCUT2D eigenvalue weighted by atomic mass is 32.2. The third kappa shape index (κ3) is 3.43. The lowest BCUT2D eigenvalue weighted by Gasteiger charge is -1.99. The van der Waals surface area contributed by atoms with E-state index in [0.717, 1.165) is 0 Å². The quantitative estimate of drug-likeness (QED) is 0.330. The normalized spacial score (nSPS) is 9.69. The molecule has 0 radical (unpaired) electrons. The summed E-state index contributed by atoms with van der Waals surface area (Å²) < 4.78 is 12.6. The summed E-state index contributed by atoms with van der Waals surface area (Å²) in [6.07, 6.45) is 0. The fourth-order valence-electron chi connectivity index (χ4n) is 0.747. The number of amides is 1. The standard InChI is InChI=1S/C8H9FN2OS/c9-6-2-1-3-7(4-6)13-5-8(12)11-10/h1-4H,5,10H2,(H,11,12). The van der Waals surface area contributed by atoms with E-state index in [1.54, 1.807) is 12.1 Å². The van der Waals surface area contributed by atoms with Gasteiger partial charge in [0.15, 0.2) is 0 Å². The van der Waals surface area contributed by atoms with Crippen LogP contribution in [0.25, 0.3) is 0 Å². The van der Waals surface area contributed by atoms with Crippen molar-refractivity contribution in [3.05, 3.63) is 30.1 Å². The molecule has 5 heteroatoms. The summed E-state index contributed by atoms with van der Waals surface area (Å²) in [6, 6.07) is 6.05. The number of halogens is 1. The zero-order chi connectivity index (χ0) is 9.68. The van der Waals surface area contributed by atoms with Gasteiger partial charge in [0.25, 0.3) is 0 Å². The van der Waals surface area contributed by atoms with E-state index in [-0.39, 0.29) is 17.5 Å². The molecule has 0 atom stereocenters. The molecule has 0 heterocycles. The van der Waals surface area contributed by atoms with Crippen LogP contribution >= 0.6 is 11.8 Å². The molecule has 0 spiro atoms. The molecular weight excluding hydrogens is 191 g/mol. The largest absolute Gasteiger partial charge is 0.294 e. The fourth-order valence-corrected chi connectivity index (χ4v) is 1.50. The summed E-state index contributed by atoms with van der Waals surface area (Å²) in [5.41, 5.74) is 2.00. The predicted molar refractivity (Wildman–Crippen MR) is 49.5 cm³/mol. The Kier molecular flexibility index (Phi) is 3.72. The van der Waals surface area contributed by atoms with Gasteiger partial charge in [-0.05, 0) is 18.2 Å². The van der Waals surface area contributed by atoms with Crippen molar-refractivity contribution in [1.82, 2.24) is 5.43 Å². The molecule has 1 amide bonds. The number of thioether (sulfide) groups is 1. The number of carbonyl (C=O) groups is 1. The van der Waals surface area contributed by atoms with E-state index in [1.165, 1.54) is 23.9 Å². The summed E-state index contributed by atoms with van der Waals surface area (Å²) in [6.45, 7) is 0. The molecule has 0 fully saturated rings. The molecule has 0 bridgehead atoms. The summed E-state index contributed by atoms with van der Waals surface area (Å²) in [5.74, 6) is 4.48. The molecule has 3 nitrogen and oxygen atoms in total. The second-order valence-corrected chi connectivity index (χ2v) is 3.36. The lowest BCUT2D eigenvalue weighted by atomic mass is 10.4. The molecule has 13 heavy (non-hydrogen) atoms. The second-order valence-electron chi connectivity index (χ2n) is 2.31. The van der Waals surface area contributed by atoms with Crippen molar-refractivity contribution < 1.29 is 9.18 Å². The van der Waals surface area contributed by atoms with Crippen LogP contribution in [0.3, 0.4) is 0 Å². The smallest absolute Gasteiger partial charge is 0.244 e. The summed E-state index contributed by atoms with van der Waals surface area (Å²) in [5, 5.41) is 0. The number of benzene rings is 1.